The summed E-state index contributed by atoms with van der Waals surface area (Å²) in [6.45, 7) is 0.867. The zero-order valence-corrected chi connectivity index (χ0v) is 11.8. The molecule has 1 aliphatic rings. The second-order valence-electron chi connectivity index (χ2n) is 5.75. The number of aryl methyl sites for hydroxylation is 2. The number of aromatic nitrogens is 1. The van der Waals surface area contributed by atoms with Crippen LogP contribution in [0.5, 0.6) is 0 Å². The minimum Gasteiger partial charge on any atom is -0.343 e. The molecule has 2 heteroatoms. The molecule has 0 saturated heterocycles. The summed E-state index contributed by atoms with van der Waals surface area (Å²) in [4.78, 5) is 0. The largest absolute Gasteiger partial charge is 0.343 e. The van der Waals surface area contributed by atoms with Gasteiger partial charge in [0.2, 0.25) is 0 Å². The van der Waals surface area contributed by atoms with Crippen molar-refractivity contribution < 1.29 is 0 Å². The van der Waals surface area contributed by atoms with Crippen LogP contribution in [0.15, 0.2) is 48.7 Å². The number of rotatable bonds is 2. The van der Waals surface area contributed by atoms with Gasteiger partial charge in [0.15, 0.2) is 0 Å². The van der Waals surface area contributed by atoms with E-state index in [4.69, 9.17) is 0 Å². The Hall–Kier alpha value is -2.53. The molecule has 102 valence electrons. The number of nitriles is 1. The van der Waals surface area contributed by atoms with Gasteiger partial charge >= 0.3 is 0 Å². The molecule has 1 aliphatic carbocycles. The smallest absolute Gasteiger partial charge is 0.0998 e. The summed E-state index contributed by atoms with van der Waals surface area (Å²) < 4.78 is 2.23. The summed E-state index contributed by atoms with van der Waals surface area (Å²) in [6.07, 6.45) is 5.82. The second-order valence-corrected chi connectivity index (χ2v) is 5.75. The van der Waals surface area contributed by atoms with Crippen LogP contribution in [0.2, 0.25) is 0 Å². The van der Waals surface area contributed by atoms with Gasteiger partial charge in [-0.1, -0.05) is 24.3 Å². The normalized spacial score (nSPS) is 13.3. The van der Waals surface area contributed by atoms with Crippen LogP contribution in [0.1, 0.15) is 28.7 Å². The lowest BCUT2D eigenvalue weighted by molar-refractivity contribution is 0.834. The number of hydrogen-bond donors (Lipinski definition) is 0. The molecular formula is C19H16N2. The monoisotopic (exact) mass is 272 g/mol. The molecule has 0 bridgehead atoms. The van der Waals surface area contributed by atoms with Gasteiger partial charge in [0, 0.05) is 23.6 Å². The molecule has 1 aromatic heterocycles. The molecular weight excluding hydrogens is 256 g/mol. The van der Waals surface area contributed by atoms with Crippen molar-refractivity contribution in [1.29, 1.82) is 5.26 Å². The number of benzene rings is 2. The molecule has 0 unspecified atom stereocenters. The first-order chi connectivity index (χ1) is 10.3. The summed E-state index contributed by atoms with van der Waals surface area (Å²) in [5, 5.41) is 10.2. The van der Waals surface area contributed by atoms with Crippen LogP contribution in [-0.2, 0) is 19.4 Å². The quantitative estimate of drug-likeness (QED) is 0.692. The van der Waals surface area contributed by atoms with Crippen LogP contribution in [0.3, 0.4) is 0 Å². The van der Waals surface area contributed by atoms with Crippen LogP contribution >= 0.6 is 0 Å². The highest BCUT2D eigenvalue weighted by Gasteiger charge is 2.11. The fourth-order valence-corrected chi connectivity index (χ4v) is 3.38. The van der Waals surface area contributed by atoms with E-state index in [1.165, 1.54) is 36.0 Å². The van der Waals surface area contributed by atoms with Crippen molar-refractivity contribution in [2.45, 2.75) is 25.8 Å². The molecule has 2 nitrogen and oxygen atoms in total. The van der Waals surface area contributed by atoms with Crippen molar-refractivity contribution in [2.24, 2.45) is 0 Å². The zero-order chi connectivity index (χ0) is 14.2. The molecule has 3 aromatic rings. The molecule has 0 saturated carbocycles. The van der Waals surface area contributed by atoms with E-state index >= 15 is 0 Å². The molecule has 0 atom stereocenters. The van der Waals surface area contributed by atoms with Gasteiger partial charge in [-0.2, -0.15) is 5.26 Å². The average molecular weight is 272 g/mol. The van der Waals surface area contributed by atoms with Gasteiger partial charge in [-0.05, 0) is 54.2 Å². The number of fused-ring (bicyclic) bond motifs is 2. The van der Waals surface area contributed by atoms with Gasteiger partial charge in [0.05, 0.1) is 11.6 Å². The van der Waals surface area contributed by atoms with E-state index in [2.05, 4.69) is 41.1 Å². The third-order valence-corrected chi connectivity index (χ3v) is 4.45. The Bertz CT molecular complexity index is 865. The van der Waals surface area contributed by atoms with E-state index < -0.39 is 0 Å². The molecule has 21 heavy (non-hydrogen) atoms. The second kappa shape index (κ2) is 4.79. The van der Waals surface area contributed by atoms with Crippen molar-refractivity contribution in [1.82, 2.24) is 4.57 Å². The Morgan fingerprint density at radius 3 is 2.86 bits per heavy atom. The maximum Gasteiger partial charge on any atom is 0.0998 e. The molecule has 0 aliphatic heterocycles. The predicted octanol–water partition coefficient (Wildman–Crippen LogP) is 4.05. The highest BCUT2D eigenvalue weighted by atomic mass is 14.9. The Morgan fingerprint density at radius 1 is 1.05 bits per heavy atom. The maximum absolute atomic E-state index is 9.18. The van der Waals surface area contributed by atoms with Crippen LogP contribution in [0.4, 0.5) is 0 Å². The molecule has 0 fully saturated rings. The van der Waals surface area contributed by atoms with Crippen LogP contribution in [0, 0.1) is 11.3 Å². The molecule has 0 amide bonds. The van der Waals surface area contributed by atoms with E-state index in [0.29, 0.717) is 0 Å². The number of nitrogens with zero attached hydrogens (tertiary/aromatic N) is 2. The van der Waals surface area contributed by atoms with Gasteiger partial charge in [-0.25, -0.2) is 0 Å². The average Bonchev–Trinajstić information content (AvgIpc) is 3.13. The van der Waals surface area contributed by atoms with Crippen molar-refractivity contribution in [3.05, 3.63) is 70.9 Å². The van der Waals surface area contributed by atoms with Gasteiger partial charge in [-0.15, -0.1) is 0 Å². The fraction of sp³-hybridized carbons (Fsp3) is 0.211. The van der Waals surface area contributed by atoms with Gasteiger partial charge in [0.1, 0.15) is 0 Å². The fourth-order valence-electron chi connectivity index (χ4n) is 3.38. The van der Waals surface area contributed by atoms with Crippen LogP contribution in [0.25, 0.3) is 10.9 Å². The molecule has 1 heterocycles. The van der Waals surface area contributed by atoms with E-state index in [1.54, 1.807) is 0 Å². The van der Waals surface area contributed by atoms with Crippen LogP contribution in [-0.4, -0.2) is 4.57 Å². The first-order valence-electron chi connectivity index (χ1n) is 7.44. The minimum atomic E-state index is 0.750. The molecule has 0 N–H and O–H groups in total. The first-order valence-corrected chi connectivity index (χ1v) is 7.44. The molecule has 0 spiro atoms. The summed E-state index contributed by atoms with van der Waals surface area (Å²) >= 11 is 0. The lowest BCUT2D eigenvalue weighted by Crippen LogP contribution is -1.99. The summed E-state index contributed by atoms with van der Waals surface area (Å²) in [5.41, 5.74) is 6.26. The van der Waals surface area contributed by atoms with Crippen molar-refractivity contribution in [2.75, 3.05) is 0 Å². The van der Waals surface area contributed by atoms with Crippen molar-refractivity contribution in [3.63, 3.8) is 0 Å². The van der Waals surface area contributed by atoms with Crippen LogP contribution < -0.4 is 0 Å². The summed E-state index contributed by atoms with van der Waals surface area (Å²) in [6, 6.07) is 17.1. The van der Waals surface area contributed by atoms with E-state index in [-0.39, 0.29) is 0 Å². The third-order valence-electron chi connectivity index (χ3n) is 4.45. The third kappa shape index (κ3) is 2.02. The molecule has 2 aromatic carbocycles. The van der Waals surface area contributed by atoms with Gasteiger partial charge in [0.25, 0.3) is 0 Å². The summed E-state index contributed by atoms with van der Waals surface area (Å²) in [7, 11) is 0. The lowest BCUT2D eigenvalue weighted by Gasteiger charge is -2.08. The Balaban J connectivity index is 1.73. The Morgan fingerprint density at radius 2 is 1.95 bits per heavy atom. The van der Waals surface area contributed by atoms with E-state index in [0.717, 1.165) is 23.0 Å². The molecule has 4 rings (SSSR count). The Kier molecular flexibility index (Phi) is 2.79. The summed E-state index contributed by atoms with van der Waals surface area (Å²) in [5.74, 6) is 0. The zero-order valence-electron chi connectivity index (χ0n) is 11.8. The maximum atomic E-state index is 9.18. The van der Waals surface area contributed by atoms with E-state index in [1.807, 2.05) is 18.2 Å². The highest BCUT2D eigenvalue weighted by Crippen LogP contribution is 2.25. The standard InChI is InChI=1S/C19H16N2/c20-12-17-5-2-6-19-18(17)9-10-21(19)13-14-7-8-15-3-1-4-16(15)11-14/h2,5-11H,1,3-4,13H2. The van der Waals surface area contributed by atoms with E-state index in [9.17, 15) is 5.26 Å². The predicted molar refractivity (Wildman–Crippen MR) is 84.2 cm³/mol. The van der Waals surface area contributed by atoms with Gasteiger partial charge in [-0.3, -0.25) is 0 Å². The van der Waals surface area contributed by atoms with Crippen molar-refractivity contribution >= 4 is 10.9 Å². The highest BCUT2D eigenvalue weighted by molar-refractivity contribution is 5.86. The first kappa shape index (κ1) is 12.2. The minimum absolute atomic E-state index is 0.750. The molecule has 0 radical (unpaired) electrons. The number of hydrogen-bond acceptors (Lipinski definition) is 1. The van der Waals surface area contributed by atoms with Crippen molar-refractivity contribution in [3.8, 4) is 6.07 Å². The topological polar surface area (TPSA) is 28.7 Å². The SMILES string of the molecule is N#Cc1cccc2c1ccn2Cc1ccc2c(c1)CCC2. The lowest BCUT2D eigenvalue weighted by atomic mass is 10.1. The Labute approximate surface area is 124 Å². The van der Waals surface area contributed by atoms with Gasteiger partial charge < -0.3 is 4.57 Å².